The van der Waals surface area contributed by atoms with Crippen LogP contribution in [0.5, 0.6) is 0 Å². The highest BCUT2D eigenvalue weighted by molar-refractivity contribution is 6.30. The molecule has 0 unspecified atom stereocenters. The van der Waals surface area contributed by atoms with E-state index in [1.807, 2.05) is 27.7 Å². The number of hydrogen-bond acceptors (Lipinski definition) is 7. The predicted molar refractivity (Wildman–Crippen MR) is 182 cm³/mol. The smallest absolute Gasteiger partial charge is 0.481 e. The molecule has 7 N–H and O–H groups in total. The van der Waals surface area contributed by atoms with Gasteiger partial charge in [-0.25, -0.2) is 0 Å². The third-order valence-corrected chi connectivity index (χ3v) is 5.80. The first-order chi connectivity index (χ1) is 21.1. The number of carboxylic acids is 4. The number of hydrogen-bond donors (Lipinski definition) is 7. The lowest BCUT2D eigenvalue weighted by Crippen LogP contribution is -2.50. The summed E-state index contributed by atoms with van der Waals surface area (Å²) in [4.78, 5) is 38.4. The van der Waals surface area contributed by atoms with Crippen molar-refractivity contribution in [3.63, 3.8) is 0 Å². The van der Waals surface area contributed by atoms with Crippen LogP contribution in [0, 0.1) is 0 Å². The van der Waals surface area contributed by atoms with Crippen LogP contribution in [0.15, 0.2) is 0 Å². The molecule has 0 radical (unpaired) electrons. The van der Waals surface area contributed by atoms with E-state index in [-0.39, 0.29) is 0 Å². The highest BCUT2D eigenvalue weighted by atomic mass is 16.5. The van der Waals surface area contributed by atoms with Crippen LogP contribution in [-0.4, -0.2) is 97.4 Å². The third kappa shape index (κ3) is 74.6. The van der Waals surface area contributed by atoms with Gasteiger partial charge in [0, 0.05) is 25.7 Å². The molecule has 45 heavy (non-hydrogen) atoms. The summed E-state index contributed by atoms with van der Waals surface area (Å²) in [6.07, 6.45) is 15.2. The lowest BCUT2D eigenvalue weighted by atomic mass is 10.1. The summed E-state index contributed by atoms with van der Waals surface area (Å²) in [7, 11) is -2.17. The number of carbonyl (C=O) groups is 4. The fraction of sp³-hybridized carbons (Fsp3) is 0.875. The van der Waals surface area contributed by atoms with Crippen molar-refractivity contribution >= 4 is 31.2 Å². The van der Waals surface area contributed by atoms with Gasteiger partial charge in [0.1, 0.15) is 0 Å². The van der Waals surface area contributed by atoms with Crippen molar-refractivity contribution in [2.24, 2.45) is 0 Å². The summed E-state index contributed by atoms with van der Waals surface area (Å²) in [5, 5.41) is 53.2. The van der Waals surface area contributed by atoms with E-state index >= 15 is 0 Å². The molecule has 0 saturated carbocycles. The minimum atomic E-state index is -2.17. The average molecular weight is 657 g/mol. The largest absolute Gasteiger partial charge is 0.631 e. The van der Waals surface area contributed by atoms with Crippen LogP contribution in [0.2, 0.25) is 0 Å². The number of unbranched alkanes of at least 4 members (excludes halogenated alkanes) is 4. The summed E-state index contributed by atoms with van der Waals surface area (Å²) in [5.74, 6) is -2.84. The summed E-state index contributed by atoms with van der Waals surface area (Å²) in [6.45, 7) is 22.4. The molecular weight excluding hydrogens is 585 g/mol. The molecule has 0 aliphatic rings. The standard InChI is InChI=1S/C16H36N.4C4H8O2.BH3O3/c1-5-9-13-17(14-10-6-2,15-11-7-3)16-12-8-4;4*1-2-3-4(5)6;2-1(3)4/h5-16H2,1-4H3;4*2-3H2,1H3,(H,5,6);2-4H/q+1;;;;;. The SMILES string of the molecule is CCCC(=O)O.CCCC(=O)O.CCCC(=O)O.CCCC(=O)O.CCCC[N+](CCCC)(CCCC)CCCC.OB(O)O. The van der Waals surface area contributed by atoms with E-state index in [1.165, 1.54) is 82.0 Å². The summed E-state index contributed by atoms with van der Waals surface area (Å²) in [6, 6.07) is 0. The Labute approximate surface area is 274 Å². The Morgan fingerprint density at radius 3 is 0.622 bits per heavy atom. The van der Waals surface area contributed by atoms with Gasteiger partial charge in [-0.05, 0) is 51.4 Å². The molecule has 0 aromatic heterocycles. The monoisotopic (exact) mass is 657 g/mol. The second-order valence-corrected chi connectivity index (χ2v) is 10.6. The Morgan fingerprint density at radius 2 is 0.556 bits per heavy atom. The van der Waals surface area contributed by atoms with Crippen molar-refractivity contribution in [3.05, 3.63) is 0 Å². The van der Waals surface area contributed by atoms with E-state index in [4.69, 9.17) is 35.5 Å². The molecule has 0 aliphatic carbocycles. The molecule has 13 heteroatoms. The molecule has 0 saturated heterocycles. The first-order valence-electron chi connectivity index (χ1n) is 16.8. The zero-order valence-electron chi connectivity index (χ0n) is 29.9. The number of carboxylic acid groups (broad SMARTS) is 4. The molecule has 0 aromatic carbocycles. The van der Waals surface area contributed by atoms with Crippen LogP contribution in [-0.2, 0) is 19.2 Å². The van der Waals surface area contributed by atoms with E-state index in [0.717, 1.165) is 25.7 Å². The lowest BCUT2D eigenvalue weighted by molar-refractivity contribution is -0.929. The fourth-order valence-corrected chi connectivity index (χ4v) is 3.50. The van der Waals surface area contributed by atoms with Crippen LogP contribution in [0.25, 0.3) is 0 Å². The molecule has 0 aromatic rings. The number of nitrogens with zero attached hydrogens (tertiary/aromatic N) is 1. The topological polar surface area (TPSA) is 210 Å². The van der Waals surface area contributed by atoms with Crippen molar-refractivity contribution in [2.45, 2.75) is 158 Å². The first kappa shape index (κ1) is 55.2. The van der Waals surface area contributed by atoms with E-state index in [1.54, 1.807) is 0 Å². The molecule has 12 nitrogen and oxygen atoms in total. The maximum Gasteiger partial charge on any atom is 0.631 e. The van der Waals surface area contributed by atoms with Gasteiger partial charge in [0.25, 0.3) is 0 Å². The van der Waals surface area contributed by atoms with Crippen molar-refractivity contribution in [2.75, 3.05) is 26.2 Å². The van der Waals surface area contributed by atoms with Gasteiger partial charge in [0.15, 0.2) is 0 Å². The summed E-state index contributed by atoms with van der Waals surface area (Å²) >= 11 is 0. The second-order valence-electron chi connectivity index (χ2n) is 10.6. The summed E-state index contributed by atoms with van der Waals surface area (Å²) in [5.41, 5.74) is 0. The highest BCUT2D eigenvalue weighted by Crippen LogP contribution is 2.16. The predicted octanol–water partition coefficient (Wildman–Crippen LogP) is 6.44. The van der Waals surface area contributed by atoms with Gasteiger partial charge < -0.3 is 40.0 Å². The van der Waals surface area contributed by atoms with Crippen LogP contribution in [0.3, 0.4) is 0 Å². The quantitative estimate of drug-likeness (QED) is 0.0560. The van der Waals surface area contributed by atoms with Crippen LogP contribution < -0.4 is 0 Å². The highest BCUT2D eigenvalue weighted by Gasteiger charge is 2.24. The van der Waals surface area contributed by atoms with Crippen LogP contribution in [0.4, 0.5) is 0 Å². The Morgan fingerprint density at radius 1 is 0.400 bits per heavy atom. The van der Waals surface area contributed by atoms with Gasteiger partial charge >= 0.3 is 31.2 Å². The minimum absolute atomic E-state index is 0.292. The molecule has 0 bridgehead atoms. The molecule has 0 heterocycles. The average Bonchev–Trinajstić information content (AvgIpc) is 2.93. The Hall–Kier alpha value is -2.22. The van der Waals surface area contributed by atoms with E-state index in [0.29, 0.717) is 25.7 Å². The van der Waals surface area contributed by atoms with Crippen molar-refractivity contribution < 1.29 is 59.2 Å². The molecule has 0 fully saturated rings. The molecule has 0 amide bonds. The molecule has 0 spiro atoms. The second kappa shape index (κ2) is 46.2. The number of quaternary nitrogens is 1. The minimum Gasteiger partial charge on any atom is -0.481 e. The number of rotatable bonds is 20. The number of aliphatic carboxylic acids is 4. The maximum atomic E-state index is 9.60. The summed E-state index contributed by atoms with van der Waals surface area (Å²) < 4.78 is 1.42. The van der Waals surface area contributed by atoms with Gasteiger partial charge in [-0.15, -0.1) is 0 Å². The Kier molecular flexibility index (Phi) is 56.7. The van der Waals surface area contributed by atoms with Crippen molar-refractivity contribution in [1.29, 1.82) is 0 Å². The Balaban J connectivity index is -0.000000113. The lowest BCUT2D eigenvalue weighted by Gasteiger charge is -2.39. The molecule has 272 valence electrons. The molecule has 0 aliphatic heterocycles. The first-order valence-corrected chi connectivity index (χ1v) is 16.8. The van der Waals surface area contributed by atoms with Crippen LogP contribution in [0.1, 0.15) is 158 Å². The molecule has 0 atom stereocenters. The Bertz CT molecular complexity index is 532. The van der Waals surface area contributed by atoms with Gasteiger partial charge in [0.2, 0.25) is 0 Å². The van der Waals surface area contributed by atoms with Gasteiger partial charge in [-0.3, -0.25) is 19.2 Å². The molecule has 0 rings (SSSR count). The van der Waals surface area contributed by atoms with E-state index in [2.05, 4.69) is 27.7 Å². The van der Waals surface area contributed by atoms with Crippen molar-refractivity contribution in [3.8, 4) is 0 Å². The normalized spacial score (nSPS) is 9.49. The maximum absolute atomic E-state index is 9.60. The van der Waals surface area contributed by atoms with Gasteiger partial charge in [-0.1, -0.05) is 81.1 Å². The third-order valence-electron chi connectivity index (χ3n) is 5.80. The van der Waals surface area contributed by atoms with E-state index < -0.39 is 31.2 Å². The fourth-order valence-electron chi connectivity index (χ4n) is 3.50. The van der Waals surface area contributed by atoms with Gasteiger partial charge in [-0.2, -0.15) is 0 Å². The van der Waals surface area contributed by atoms with Crippen LogP contribution >= 0.6 is 0 Å². The van der Waals surface area contributed by atoms with Gasteiger partial charge in [0.05, 0.1) is 26.2 Å². The zero-order valence-corrected chi connectivity index (χ0v) is 29.9. The molecular formula is C32H71BNO11+. The zero-order chi connectivity index (χ0) is 36.5. The van der Waals surface area contributed by atoms with E-state index in [9.17, 15) is 19.2 Å². The van der Waals surface area contributed by atoms with Crippen molar-refractivity contribution in [1.82, 2.24) is 0 Å².